The van der Waals surface area contributed by atoms with Crippen LogP contribution in [0, 0.1) is 0 Å². The Hall–Kier alpha value is -3.39. The highest BCUT2D eigenvalue weighted by Gasteiger charge is 2.34. The van der Waals surface area contributed by atoms with Gasteiger partial charge in [0, 0.05) is 44.0 Å². The van der Waals surface area contributed by atoms with Crippen LogP contribution in [-0.4, -0.2) is 73.5 Å². The molecular formula is C27H34N6O2. The lowest BCUT2D eigenvalue weighted by Gasteiger charge is -2.35. The van der Waals surface area contributed by atoms with Gasteiger partial charge in [-0.1, -0.05) is 25.1 Å². The van der Waals surface area contributed by atoms with E-state index in [0.29, 0.717) is 6.54 Å². The van der Waals surface area contributed by atoms with Gasteiger partial charge in [-0.3, -0.25) is 4.79 Å². The lowest BCUT2D eigenvalue weighted by Crippen LogP contribution is -2.50. The Morgan fingerprint density at radius 3 is 2.63 bits per heavy atom. The van der Waals surface area contributed by atoms with Crippen molar-refractivity contribution >= 4 is 29.1 Å². The Balaban J connectivity index is 1.43. The van der Waals surface area contributed by atoms with E-state index < -0.39 is 12.2 Å². The Kier molecular flexibility index (Phi) is 6.72. The quantitative estimate of drug-likeness (QED) is 0.714. The first-order chi connectivity index (χ1) is 17.0. The van der Waals surface area contributed by atoms with Crippen LogP contribution in [0.4, 0.5) is 16.2 Å². The molecule has 0 radical (unpaired) electrons. The zero-order valence-electron chi connectivity index (χ0n) is 20.6. The average Bonchev–Trinajstić information content (AvgIpc) is 3.29. The number of rotatable bonds is 4. The third kappa shape index (κ3) is 4.89. The highest BCUT2D eigenvalue weighted by molar-refractivity contribution is 6.12. The number of nitrogens with one attached hydrogen (secondary N) is 2. The van der Waals surface area contributed by atoms with Gasteiger partial charge in [0.05, 0.1) is 5.69 Å². The van der Waals surface area contributed by atoms with E-state index in [1.165, 1.54) is 11.1 Å². The molecule has 1 saturated heterocycles. The molecule has 3 amide bonds. The minimum Gasteiger partial charge on any atom is -0.354 e. The zero-order valence-corrected chi connectivity index (χ0v) is 20.6. The second kappa shape index (κ2) is 10.1. The number of likely N-dealkylation sites (N-methyl/N-ethyl adjacent to an activating group) is 1. The highest BCUT2D eigenvalue weighted by atomic mass is 16.2. The summed E-state index contributed by atoms with van der Waals surface area (Å²) >= 11 is 0. The molecule has 184 valence electrons. The lowest BCUT2D eigenvalue weighted by atomic mass is 10.1. The number of para-hydroxylation sites is 1. The maximum Gasteiger partial charge on any atom is 0.321 e. The van der Waals surface area contributed by atoms with E-state index in [9.17, 15) is 9.59 Å². The normalized spacial score (nSPS) is 20.1. The molecule has 1 unspecified atom stereocenters. The third-order valence-electron chi connectivity index (χ3n) is 7.06. The van der Waals surface area contributed by atoms with E-state index >= 15 is 0 Å². The Morgan fingerprint density at radius 2 is 1.83 bits per heavy atom. The monoisotopic (exact) mass is 474 g/mol. The first-order valence-corrected chi connectivity index (χ1v) is 12.6. The van der Waals surface area contributed by atoms with Crippen LogP contribution in [0.3, 0.4) is 0 Å². The Labute approximate surface area is 207 Å². The van der Waals surface area contributed by atoms with Crippen LogP contribution in [0.5, 0.6) is 0 Å². The van der Waals surface area contributed by atoms with E-state index in [1.54, 1.807) is 4.90 Å². The summed E-state index contributed by atoms with van der Waals surface area (Å²) in [6.45, 7) is 6.09. The first-order valence-electron chi connectivity index (χ1n) is 12.6. The molecular weight excluding hydrogens is 440 g/mol. The van der Waals surface area contributed by atoms with E-state index in [4.69, 9.17) is 4.99 Å². The molecule has 35 heavy (non-hydrogen) atoms. The molecule has 0 spiro atoms. The molecule has 8 nitrogen and oxygen atoms in total. The number of urea groups is 1. The number of anilines is 2. The summed E-state index contributed by atoms with van der Waals surface area (Å²) in [6.07, 6.45) is 3.09. The lowest BCUT2D eigenvalue weighted by molar-refractivity contribution is -0.120. The summed E-state index contributed by atoms with van der Waals surface area (Å²) in [7, 11) is 2.11. The summed E-state index contributed by atoms with van der Waals surface area (Å²) in [5.74, 6) is 0.552. The van der Waals surface area contributed by atoms with Crippen LogP contribution in [-0.2, 0) is 17.6 Å². The summed E-state index contributed by atoms with van der Waals surface area (Å²) in [5.41, 5.74) is 5.15. The first kappa shape index (κ1) is 23.4. The van der Waals surface area contributed by atoms with Crippen molar-refractivity contribution in [3.8, 4) is 0 Å². The molecule has 2 aromatic rings. The number of amides is 3. The standard InChI is InChI=1S/C27H34N6O2/c1-3-13-33-23-10-5-4-9-22(23)25(32-16-14-31(2)15-17-32)29-24(26(33)34)30-27(35)28-21-12-11-19-7-6-8-20(19)18-21/h4-5,9-12,18,24H,3,6-8,13-17H2,1-2H3,(H2,28,30,35). The summed E-state index contributed by atoms with van der Waals surface area (Å²) in [4.78, 5) is 37.9. The predicted molar refractivity (Wildman–Crippen MR) is 139 cm³/mol. The van der Waals surface area contributed by atoms with Crippen LogP contribution in [0.25, 0.3) is 0 Å². The van der Waals surface area contributed by atoms with Crippen molar-refractivity contribution in [1.29, 1.82) is 0 Å². The second-order valence-electron chi connectivity index (χ2n) is 9.59. The number of benzodiazepines with no additional fused rings is 1. The number of hydrogen-bond acceptors (Lipinski definition) is 5. The van der Waals surface area contributed by atoms with E-state index in [2.05, 4.69) is 33.5 Å². The molecule has 0 bridgehead atoms. The van der Waals surface area contributed by atoms with Gasteiger partial charge in [-0.25, -0.2) is 9.79 Å². The largest absolute Gasteiger partial charge is 0.354 e. The van der Waals surface area contributed by atoms with Gasteiger partial charge in [0.15, 0.2) is 0 Å². The zero-order chi connectivity index (χ0) is 24.4. The topological polar surface area (TPSA) is 80.3 Å². The SMILES string of the molecule is CCCN1C(=O)C(NC(=O)Nc2ccc3c(c2)CCC3)N=C(N2CCN(C)CC2)c2ccccc21. The number of piperazine rings is 1. The van der Waals surface area contributed by atoms with E-state index in [0.717, 1.165) is 74.6 Å². The van der Waals surface area contributed by atoms with Gasteiger partial charge in [0.1, 0.15) is 5.84 Å². The van der Waals surface area contributed by atoms with Crippen molar-refractivity contribution in [2.75, 3.05) is 50.0 Å². The van der Waals surface area contributed by atoms with Gasteiger partial charge in [-0.15, -0.1) is 0 Å². The molecule has 8 heteroatoms. The second-order valence-corrected chi connectivity index (χ2v) is 9.59. The molecule has 1 fully saturated rings. The van der Waals surface area contributed by atoms with Crippen molar-refractivity contribution in [2.24, 2.45) is 4.99 Å². The number of benzene rings is 2. The smallest absolute Gasteiger partial charge is 0.321 e. The molecule has 2 N–H and O–H groups in total. The van der Waals surface area contributed by atoms with Crippen LogP contribution in [0.2, 0.25) is 0 Å². The highest BCUT2D eigenvalue weighted by Crippen LogP contribution is 2.28. The molecule has 0 saturated carbocycles. The van der Waals surface area contributed by atoms with Crippen molar-refractivity contribution in [3.63, 3.8) is 0 Å². The molecule has 2 aromatic carbocycles. The summed E-state index contributed by atoms with van der Waals surface area (Å²) < 4.78 is 0. The fourth-order valence-corrected chi connectivity index (χ4v) is 5.17. The number of hydrogen-bond donors (Lipinski definition) is 2. The van der Waals surface area contributed by atoms with Crippen molar-refractivity contribution < 1.29 is 9.59 Å². The van der Waals surface area contributed by atoms with Gasteiger partial charge in [-0.2, -0.15) is 0 Å². The fraction of sp³-hybridized carbons (Fsp3) is 0.444. The third-order valence-corrected chi connectivity index (χ3v) is 7.06. The number of carbonyl (C=O) groups excluding carboxylic acids is 2. The van der Waals surface area contributed by atoms with Crippen LogP contribution in [0.15, 0.2) is 47.5 Å². The molecule has 2 aliphatic heterocycles. The molecule has 2 heterocycles. The van der Waals surface area contributed by atoms with Crippen molar-refractivity contribution in [2.45, 2.75) is 38.8 Å². The minimum absolute atomic E-state index is 0.215. The van der Waals surface area contributed by atoms with Gasteiger partial charge < -0.3 is 25.3 Å². The van der Waals surface area contributed by atoms with Crippen LogP contribution < -0.4 is 15.5 Å². The summed E-state index contributed by atoms with van der Waals surface area (Å²) in [6, 6.07) is 13.5. The molecule has 0 aromatic heterocycles. The summed E-state index contributed by atoms with van der Waals surface area (Å²) in [5, 5.41) is 5.78. The van der Waals surface area contributed by atoms with Crippen molar-refractivity contribution in [1.82, 2.24) is 15.1 Å². The molecule has 1 aliphatic carbocycles. The minimum atomic E-state index is -1.00. The number of aliphatic imine (C=N–C) groups is 1. The number of carbonyl (C=O) groups is 2. The molecule has 5 rings (SSSR count). The van der Waals surface area contributed by atoms with Crippen LogP contribution in [0.1, 0.15) is 36.5 Å². The van der Waals surface area contributed by atoms with E-state index in [-0.39, 0.29) is 5.91 Å². The maximum atomic E-state index is 13.7. The van der Waals surface area contributed by atoms with Gasteiger partial charge in [0.2, 0.25) is 6.17 Å². The number of nitrogens with zero attached hydrogens (tertiary/aromatic N) is 4. The molecule has 3 aliphatic rings. The fourth-order valence-electron chi connectivity index (χ4n) is 5.17. The van der Waals surface area contributed by atoms with Crippen molar-refractivity contribution in [3.05, 3.63) is 59.2 Å². The van der Waals surface area contributed by atoms with Gasteiger partial charge in [0.25, 0.3) is 5.91 Å². The van der Waals surface area contributed by atoms with Crippen LogP contribution >= 0.6 is 0 Å². The Morgan fingerprint density at radius 1 is 1.06 bits per heavy atom. The van der Waals surface area contributed by atoms with E-state index in [1.807, 2.05) is 43.3 Å². The molecule has 1 atom stereocenters. The maximum absolute atomic E-state index is 13.7. The number of fused-ring (bicyclic) bond motifs is 2. The average molecular weight is 475 g/mol. The predicted octanol–water partition coefficient (Wildman–Crippen LogP) is 3.07. The Bertz CT molecular complexity index is 1140. The number of amidine groups is 1. The van der Waals surface area contributed by atoms with Gasteiger partial charge >= 0.3 is 6.03 Å². The number of aryl methyl sites for hydroxylation is 2. The van der Waals surface area contributed by atoms with Gasteiger partial charge in [-0.05, 0) is 68.1 Å².